The maximum Gasteiger partial charge on any atom is 0.415 e. The fourth-order valence-electron chi connectivity index (χ4n) is 1.09. The largest absolute Gasteiger partial charge is 0.454 e. The highest BCUT2D eigenvalue weighted by atomic mass is 32.2. The van der Waals surface area contributed by atoms with Crippen LogP contribution in [0.1, 0.15) is 6.92 Å². The average molecular weight is 260 g/mol. The molecule has 0 aromatic heterocycles. The van der Waals surface area contributed by atoms with Crippen molar-refractivity contribution in [2.45, 2.75) is 18.3 Å². The van der Waals surface area contributed by atoms with E-state index in [1.165, 1.54) is 0 Å². The Morgan fingerprint density at radius 2 is 2.25 bits per heavy atom. The average Bonchev–Trinajstić information content (AvgIpc) is 2.61. The van der Waals surface area contributed by atoms with E-state index in [2.05, 4.69) is 14.1 Å². The van der Waals surface area contributed by atoms with Crippen LogP contribution in [-0.4, -0.2) is 35.8 Å². The summed E-state index contributed by atoms with van der Waals surface area (Å²) in [5.41, 5.74) is 0. The molecule has 1 aliphatic heterocycles. The van der Waals surface area contributed by atoms with Gasteiger partial charge in [0.25, 0.3) is 0 Å². The molecule has 1 rings (SSSR count). The molecule has 94 valence electrons. The molecule has 1 N–H and O–H groups in total. The number of alkyl halides is 2. The van der Waals surface area contributed by atoms with E-state index in [1.807, 2.05) is 0 Å². The Hall–Kier alpha value is -0.480. The monoisotopic (exact) mass is 260 g/mol. The molecule has 1 fully saturated rings. The van der Waals surface area contributed by atoms with E-state index in [4.69, 9.17) is 9.99 Å². The lowest BCUT2D eigenvalue weighted by Gasteiger charge is -2.18. The first-order valence-corrected chi connectivity index (χ1v) is 5.04. The quantitative estimate of drug-likeness (QED) is 0.345. The van der Waals surface area contributed by atoms with E-state index in [0.29, 0.717) is 6.61 Å². The summed E-state index contributed by atoms with van der Waals surface area (Å²) in [4.78, 5) is 11.0. The van der Waals surface area contributed by atoms with E-state index in [9.17, 15) is 13.6 Å². The summed E-state index contributed by atoms with van der Waals surface area (Å²) in [5, 5.41) is 6.71. The van der Waals surface area contributed by atoms with Crippen molar-refractivity contribution < 1.29 is 37.7 Å². The van der Waals surface area contributed by atoms with E-state index < -0.39 is 29.4 Å². The molecule has 0 amide bonds. The van der Waals surface area contributed by atoms with E-state index >= 15 is 0 Å². The molecule has 2 atom stereocenters. The SMILES string of the molecule is CC1COCC1OC(=O)C(F)(F)SOOO. The Bertz CT molecular complexity index is 251. The molecule has 6 nitrogen and oxygen atoms in total. The Morgan fingerprint density at radius 3 is 2.75 bits per heavy atom. The van der Waals surface area contributed by atoms with Crippen LogP contribution >= 0.6 is 12.0 Å². The number of hydrogen-bond donors (Lipinski definition) is 1. The van der Waals surface area contributed by atoms with Gasteiger partial charge in [-0.15, -0.1) is 4.33 Å². The minimum Gasteiger partial charge on any atom is -0.454 e. The third-order valence-corrected chi connectivity index (χ3v) is 2.47. The summed E-state index contributed by atoms with van der Waals surface area (Å²) in [5.74, 6) is -1.91. The summed E-state index contributed by atoms with van der Waals surface area (Å²) in [6.07, 6.45) is -0.700. The predicted octanol–water partition coefficient (Wildman–Crippen LogP) is 1.23. The molecule has 0 aromatic carbocycles. The summed E-state index contributed by atoms with van der Waals surface area (Å²) in [6, 6.07) is 0. The van der Waals surface area contributed by atoms with Gasteiger partial charge in [-0.05, 0) is 0 Å². The maximum absolute atomic E-state index is 12.9. The molecule has 16 heavy (non-hydrogen) atoms. The van der Waals surface area contributed by atoms with Gasteiger partial charge in [0.2, 0.25) is 0 Å². The van der Waals surface area contributed by atoms with Crippen molar-refractivity contribution in [3.63, 3.8) is 0 Å². The molecule has 0 aliphatic carbocycles. The van der Waals surface area contributed by atoms with Gasteiger partial charge < -0.3 is 9.47 Å². The highest BCUT2D eigenvalue weighted by Gasteiger charge is 2.46. The van der Waals surface area contributed by atoms with E-state index in [0.717, 1.165) is 0 Å². The van der Waals surface area contributed by atoms with Gasteiger partial charge in [0.15, 0.2) is 0 Å². The maximum atomic E-state index is 12.9. The van der Waals surface area contributed by atoms with E-state index in [1.54, 1.807) is 6.92 Å². The van der Waals surface area contributed by atoms with Crippen LogP contribution in [0.25, 0.3) is 0 Å². The number of carbonyl (C=O) groups excluding carboxylic acids is 1. The molecular weight excluding hydrogens is 250 g/mol. The molecule has 1 aliphatic rings. The number of rotatable bonds is 5. The summed E-state index contributed by atoms with van der Waals surface area (Å²) in [6.45, 7) is 2.15. The second kappa shape index (κ2) is 5.73. The molecule has 0 bridgehead atoms. The molecule has 0 radical (unpaired) electrons. The molecule has 1 heterocycles. The topological polar surface area (TPSA) is 74.2 Å². The van der Waals surface area contributed by atoms with Gasteiger partial charge in [-0.2, -0.15) is 8.78 Å². The number of ether oxygens (including phenoxy) is 2. The molecule has 1 saturated heterocycles. The Labute approximate surface area is 93.9 Å². The minimum absolute atomic E-state index is 0.0883. The number of halogens is 2. The second-order valence-corrected chi connectivity index (χ2v) is 4.02. The van der Waals surface area contributed by atoms with Crippen molar-refractivity contribution in [3.05, 3.63) is 0 Å². The normalized spacial score (nSPS) is 25.8. The third-order valence-electron chi connectivity index (χ3n) is 1.96. The van der Waals surface area contributed by atoms with Crippen LogP contribution in [0, 0.1) is 5.92 Å². The van der Waals surface area contributed by atoms with Crippen LogP contribution in [0.5, 0.6) is 0 Å². The van der Waals surface area contributed by atoms with Crippen LogP contribution < -0.4 is 0 Å². The number of carbonyl (C=O) groups is 1. The zero-order chi connectivity index (χ0) is 12.2. The molecule has 0 saturated carbocycles. The smallest absolute Gasteiger partial charge is 0.415 e. The van der Waals surface area contributed by atoms with Gasteiger partial charge in [-0.25, -0.2) is 10.1 Å². The summed E-state index contributed by atoms with van der Waals surface area (Å²) >= 11 is -0.650. The molecular formula is C7H10F2O6S. The Morgan fingerprint density at radius 1 is 1.56 bits per heavy atom. The fourth-order valence-corrected chi connectivity index (χ4v) is 1.32. The van der Waals surface area contributed by atoms with Crippen LogP contribution in [0.3, 0.4) is 0 Å². The van der Waals surface area contributed by atoms with Crippen molar-refractivity contribution >= 4 is 18.0 Å². The Balaban J connectivity index is 2.43. The van der Waals surface area contributed by atoms with Crippen LogP contribution in [0.2, 0.25) is 0 Å². The summed E-state index contributed by atoms with van der Waals surface area (Å²) < 4.78 is 38.8. The van der Waals surface area contributed by atoms with Crippen molar-refractivity contribution in [2.75, 3.05) is 13.2 Å². The predicted molar refractivity (Wildman–Crippen MR) is 47.2 cm³/mol. The highest BCUT2D eigenvalue weighted by Crippen LogP contribution is 2.32. The molecule has 0 spiro atoms. The van der Waals surface area contributed by atoms with Gasteiger partial charge >= 0.3 is 11.2 Å². The first kappa shape index (κ1) is 13.6. The van der Waals surface area contributed by atoms with Crippen molar-refractivity contribution in [1.29, 1.82) is 0 Å². The molecule has 9 heteroatoms. The van der Waals surface area contributed by atoms with Crippen LogP contribution in [0.15, 0.2) is 0 Å². The Kier molecular flexibility index (Phi) is 4.87. The van der Waals surface area contributed by atoms with Crippen molar-refractivity contribution in [3.8, 4) is 0 Å². The lowest BCUT2D eigenvalue weighted by Crippen LogP contribution is -2.33. The molecule has 0 aromatic rings. The van der Waals surface area contributed by atoms with Crippen molar-refractivity contribution in [1.82, 2.24) is 0 Å². The van der Waals surface area contributed by atoms with Gasteiger partial charge in [-0.3, -0.25) is 0 Å². The highest BCUT2D eigenvalue weighted by molar-refractivity contribution is 7.96. The van der Waals surface area contributed by atoms with Crippen molar-refractivity contribution in [2.24, 2.45) is 5.92 Å². The number of hydrogen-bond acceptors (Lipinski definition) is 7. The fraction of sp³-hybridized carbons (Fsp3) is 0.857. The van der Waals surface area contributed by atoms with Gasteiger partial charge in [0.05, 0.1) is 13.2 Å². The zero-order valence-corrected chi connectivity index (χ0v) is 9.04. The lowest BCUT2D eigenvalue weighted by atomic mass is 10.1. The summed E-state index contributed by atoms with van der Waals surface area (Å²) in [7, 11) is 0. The van der Waals surface area contributed by atoms with Gasteiger partial charge in [0.1, 0.15) is 18.1 Å². The minimum atomic E-state index is -3.95. The van der Waals surface area contributed by atoms with E-state index in [-0.39, 0.29) is 12.5 Å². The second-order valence-electron chi connectivity index (χ2n) is 3.20. The van der Waals surface area contributed by atoms with Crippen LogP contribution in [-0.2, 0) is 23.6 Å². The van der Waals surface area contributed by atoms with Crippen LogP contribution in [0.4, 0.5) is 8.78 Å². The third kappa shape index (κ3) is 3.52. The van der Waals surface area contributed by atoms with Gasteiger partial charge in [0, 0.05) is 5.92 Å². The van der Waals surface area contributed by atoms with Gasteiger partial charge in [-0.1, -0.05) is 12.0 Å². The first-order chi connectivity index (χ1) is 7.47. The standard InChI is InChI=1S/C7H10F2O6S/c1-4-2-12-3-5(4)13-6(10)7(8,9)16-15-14-11/h4-5,11H,2-3H2,1H3. The zero-order valence-electron chi connectivity index (χ0n) is 8.22. The molecule has 2 unspecified atom stereocenters. The number of esters is 1. The lowest BCUT2D eigenvalue weighted by molar-refractivity contribution is -0.433. The first-order valence-electron chi connectivity index (χ1n) is 4.30.